The standard InChI is InChI=1S/C16H18F2N4O3/c1-9(11-8-10(17)4-5-12(11)18)20-21-13(23)6-7-22-14(24)16(2,3)19-15(22)25/h4-5,8H,6-7H2,1-3H3,(H,19,25)(H,21,23)/b20-9-. The maximum atomic E-state index is 13.6. The van der Waals surface area contributed by atoms with Gasteiger partial charge in [0.1, 0.15) is 17.2 Å². The number of amides is 4. The van der Waals surface area contributed by atoms with Crippen LogP contribution in [-0.2, 0) is 9.59 Å². The zero-order valence-corrected chi connectivity index (χ0v) is 14.0. The molecule has 0 aromatic heterocycles. The average Bonchev–Trinajstić information content (AvgIpc) is 2.73. The van der Waals surface area contributed by atoms with Gasteiger partial charge in [-0.25, -0.2) is 19.0 Å². The summed E-state index contributed by atoms with van der Waals surface area (Å²) in [6, 6.07) is 2.34. The normalized spacial score (nSPS) is 16.8. The molecule has 0 atom stereocenters. The monoisotopic (exact) mass is 352 g/mol. The highest BCUT2D eigenvalue weighted by Crippen LogP contribution is 2.16. The molecule has 1 aliphatic rings. The lowest BCUT2D eigenvalue weighted by molar-refractivity contribution is -0.130. The van der Waals surface area contributed by atoms with Gasteiger partial charge in [-0.2, -0.15) is 5.10 Å². The third-order valence-corrected chi connectivity index (χ3v) is 3.67. The largest absolute Gasteiger partial charge is 0.325 e. The van der Waals surface area contributed by atoms with Crippen molar-refractivity contribution < 1.29 is 23.2 Å². The van der Waals surface area contributed by atoms with Gasteiger partial charge in [0.15, 0.2) is 0 Å². The predicted molar refractivity (Wildman–Crippen MR) is 85.7 cm³/mol. The van der Waals surface area contributed by atoms with Crippen LogP contribution in [0.4, 0.5) is 13.6 Å². The first-order valence-corrected chi connectivity index (χ1v) is 7.54. The van der Waals surface area contributed by atoms with Crippen LogP contribution in [0.5, 0.6) is 0 Å². The molecule has 0 radical (unpaired) electrons. The number of nitrogens with one attached hydrogen (secondary N) is 2. The summed E-state index contributed by atoms with van der Waals surface area (Å²) >= 11 is 0. The summed E-state index contributed by atoms with van der Waals surface area (Å²) in [7, 11) is 0. The topological polar surface area (TPSA) is 90.9 Å². The maximum Gasteiger partial charge on any atom is 0.325 e. The third-order valence-electron chi connectivity index (χ3n) is 3.67. The second kappa shape index (κ2) is 6.96. The van der Waals surface area contributed by atoms with E-state index in [1.54, 1.807) is 13.8 Å². The van der Waals surface area contributed by atoms with Gasteiger partial charge in [0.05, 0.1) is 5.71 Å². The fourth-order valence-electron chi connectivity index (χ4n) is 2.27. The van der Waals surface area contributed by atoms with Crippen molar-refractivity contribution in [1.82, 2.24) is 15.6 Å². The van der Waals surface area contributed by atoms with Crippen molar-refractivity contribution in [2.45, 2.75) is 32.7 Å². The van der Waals surface area contributed by atoms with Gasteiger partial charge in [0.25, 0.3) is 5.91 Å². The third kappa shape index (κ3) is 4.17. The molecule has 1 fully saturated rings. The summed E-state index contributed by atoms with van der Waals surface area (Å²) in [5, 5.41) is 6.22. The molecule has 1 heterocycles. The van der Waals surface area contributed by atoms with Gasteiger partial charge in [-0.15, -0.1) is 0 Å². The second-order valence-corrected chi connectivity index (χ2v) is 6.12. The Labute approximate surface area is 143 Å². The van der Waals surface area contributed by atoms with E-state index in [9.17, 15) is 23.2 Å². The number of halogens is 2. The molecule has 0 spiro atoms. The fourth-order valence-corrected chi connectivity index (χ4v) is 2.27. The van der Waals surface area contributed by atoms with Gasteiger partial charge in [-0.3, -0.25) is 14.5 Å². The van der Waals surface area contributed by atoms with E-state index in [4.69, 9.17) is 0 Å². The minimum Gasteiger partial charge on any atom is -0.324 e. The maximum absolute atomic E-state index is 13.6. The molecule has 7 nitrogen and oxygen atoms in total. The van der Waals surface area contributed by atoms with E-state index < -0.39 is 35.0 Å². The molecule has 2 N–H and O–H groups in total. The predicted octanol–water partition coefficient (Wildman–Crippen LogP) is 1.53. The Morgan fingerprint density at radius 3 is 2.60 bits per heavy atom. The summed E-state index contributed by atoms with van der Waals surface area (Å²) in [6.45, 7) is 4.43. The number of urea groups is 1. The zero-order chi connectivity index (χ0) is 18.8. The Morgan fingerprint density at radius 1 is 1.32 bits per heavy atom. The minimum absolute atomic E-state index is 0.0730. The number of carbonyl (C=O) groups excluding carboxylic acids is 3. The van der Waals surface area contributed by atoms with Gasteiger partial charge in [-0.1, -0.05) is 0 Å². The Kier molecular flexibility index (Phi) is 5.15. The number of carbonyl (C=O) groups is 3. The van der Waals surface area contributed by atoms with Crippen molar-refractivity contribution in [3.63, 3.8) is 0 Å². The summed E-state index contributed by atoms with van der Waals surface area (Å²) in [6.07, 6.45) is -0.169. The summed E-state index contributed by atoms with van der Waals surface area (Å²) < 4.78 is 26.8. The van der Waals surface area contributed by atoms with Crippen molar-refractivity contribution in [3.8, 4) is 0 Å². The van der Waals surface area contributed by atoms with Crippen LogP contribution in [0.3, 0.4) is 0 Å². The molecule has 134 valence electrons. The van der Waals surface area contributed by atoms with Gasteiger partial charge < -0.3 is 5.32 Å². The van der Waals surface area contributed by atoms with Crippen LogP contribution < -0.4 is 10.7 Å². The minimum atomic E-state index is -1.00. The van der Waals surface area contributed by atoms with Gasteiger partial charge in [0.2, 0.25) is 5.91 Å². The van der Waals surface area contributed by atoms with Crippen LogP contribution in [0.1, 0.15) is 32.8 Å². The number of hydrogen-bond donors (Lipinski definition) is 2. The van der Waals surface area contributed by atoms with E-state index in [0.29, 0.717) is 0 Å². The first-order valence-electron chi connectivity index (χ1n) is 7.54. The Morgan fingerprint density at radius 2 is 2.00 bits per heavy atom. The van der Waals surface area contributed by atoms with Crippen molar-refractivity contribution in [1.29, 1.82) is 0 Å². The lowest BCUT2D eigenvalue weighted by Crippen LogP contribution is -2.40. The van der Waals surface area contributed by atoms with Crippen LogP contribution in [0.25, 0.3) is 0 Å². The van der Waals surface area contributed by atoms with E-state index >= 15 is 0 Å². The molecule has 25 heavy (non-hydrogen) atoms. The molecule has 0 aliphatic carbocycles. The first-order chi connectivity index (χ1) is 11.6. The summed E-state index contributed by atoms with van der Waals surface area (Å²) in [5.74, 6) is -2.29. The summed E-state index contributed by atoms with van der Waals surface area (Å²) in [4.78, 5) is 36.4. The van der Waals surface area contributed by atoms with Crippen molar-refractivity contribution in [3.05, 3.63) is 35.4 Å². The molecule has 4 amide bonds. The van der Waals surface area contributed by atoms with Crippen LogP contribution >= 0.6 is 0 Å². The highest BCUT2D eigenvalue weighted by Gasteiger charge is 2.43. The van der Waals surface area contributed by atoms with E-state index in [1.165, 1.54) is 6.92 Å². The van der Waals surface area contributed by atoms with Crippen LogP contribution in [-0.4, -0.2) is 40.5 Å². The molecule has 9 heteroatoms. The van der Waals surface area contributed by atoms with Gasteiger partial charge in [-0.05, 0) is 39.0 Å². The Hall–Kier alpha value is -2.84. The number of rotatable bonds is 5. The smallest absolute Gasteiger partial charge is 0.324 e. The number of hydrazone groups is 1. The van der Waals surface area contributed by atoms with Crippen LogP contribution in [0.15, 0.2) is 23.3 Å². The quantitative estimate of drug-likeness (QED) is 0.478. The van der Waals surface area contributed by atoms with Gasteiger partial charge in [0, 0.05) is 18.5 Å². The molecule has 0 saturated carbocycles. The molecular weight excluding hydrogens is 334 g/mol. The number of nitrogens with zero attached hydrogens (tertiary/aromatic N) is 2. The lowest BCUT2D eigenvalue weighted by atomic mass is 10.1. The molecule has 1 aromatic carbocycles. The van der Waals surface area contributed by atoms with Crippen molar-refractivity contribution in [2.75, 3.05) is 6.54 Å². The average molecular weight is 352 g/mol. The van der Waals surface area contributed by atoms with Crippen LogP contribution in [0, 0.1) is 11.6 Å². The van der Waals surface area contributed by atoms with Gasteiger partial charge >= 0.3 is 6.03 Å². The molecule has 1 saturated heterocycles. The molecule has 0 unspecified atom stereocenters. The van der Waals surface area contributed by atoms with Crippen LogP contribution in [0.2, 0.25) is 0 Å². The number of imide groups is 1. The summed E-state index contributed by atoms with van der Waals surface area (Å²) in [5.41, 5.74) is 1.20. The fraction of sp³-hybridized carbons (Fsp3) is 0.375. The highest BCUT2D eigenvalue weighted by molar-refractivity contribution is 6.06. The van der Waals surface area contributed by atoms with Crippen molar-refractivity contribution in [2.24, 2.45) is 5.10 Å². The molecular formula is C16H18F2N4O3. The SMILES string of the molecule is C/C(=N/NC(=O)CCN1C(=O)NC(C)(C)C1=O)c1cc(F)ccc1F. The van der Waals surface area contributed by atoms with E-state index in [2.05, 4.69) is 15.8 Å². The lowest BCUT2D eigenvalue weighted by Gasteiger charge is -2.15. The zero-order valence-electron chi connectivity index (χ0n) is 14.0. The Bertz CT molecular complexity index is 762. The van der Waals surface area contributed by atoms with Crippen molar-refractivity contribution >= 4 is 23.6 Å². The number of hydrogen-bond acceptors (Lipinski definition) is 4. The molecule has 2 rings (SSSR count). The highest BCUT2D eigenvalue weighted by atomic mass is 19.1. The van der Waals surface area contributed by atoms with E-state index in [0.717, 1.165) is 23.1 Å². The Balaban J connectivity index is 1.94. The first kappa shape index (κ1) is 18.5. The molecule has 1 aromatic rings. The molecule has 0 bridgehead atoms. The number of benzene rings is 1. The molecule has 1 aliphatic heterocycles. The van der Waals surface area contributed by atoms with E-state index in [-0.39, 0.29) is 24.2 Å². The van der Waals surface area contributed by atoms with E-state index in [1.807, 2.05) is 0 Å². The second-order valence-electron chi connectivity index (χ2n) is 6.12.